The van der Waals surface area contributed by atoms with Gasteiger partial charge in [0.1, 0.15) is 12.6 Å². The molecule has 146 valence electrons. The van der Waals surface area contributed by atoms with Gasteiger partial charge in [-0.3, -0.25) is 9.10 Å². The summed E-state index contributed by atoms with van der Waals surface area (Å²) in [5, 5.41) is 1.74. The van der Waals surface area contributed by atoms with Crippen LogP contribution < -0.4 is 9.62 Å². The standard InChI is InChI=1S/C18H19F3N2O3S/c1-13-7-6-8-15(11-13)23(14(2)17(24)22-12-18(19,20)21)27(25,26)16-9-4-3-5-10-16/h3-11,14H,12H2,1-2H3,(H,22,24)/t14-/m0/s1. The maximum absolute atomic E-state index is 13.1. The highest BCUT2D eigenvalue weighted by atomic mass is 32.2. The minimum Gasteiger partial charge on any atom is -0.345 e. The van der Waals surface area contributed by atoms with E-state index in [1.54, 1.807) is 36.5 Å². The molecule has 0 aliphatic rings. The van der Waals surface area contributed by atoms with Crippen molar-refractivity contribution in [3.8, 4) is 0 Å². The predicted octanol–water partition coefficient (Wildman–Crippen LogP) is 3.26. The van der Waals surface area contributed by atoms with Gasteiger partial charge in [0.05, 0.1) is 10.6 Å². The largest absolute Gasteiger partial charge is 0.405 e. The lowest BCUT2D eigenvalue weighted by molar-refractivity contribution is -0.138. The topological polar surface area (TPSA) is 66.5 Å². The zero-order valence-electron chi connectivity index (χ0n) is 14.7. The lowest BCUT2D eigenvalue weighted by Crippen LogP contribution is -2.49. The van der Waals surface area contributed by atoms with Gasteiger partial charge in [0.2, 0.25) is 5.91 Å². The first-order chi connectivity index (χ1) is 12.5. The first kappa shape index (κ1) is 20.8. The van der Waals surface area contributed by atoms with Crippen molar-refractivity contribution < 1.29 is 26.4 Å². The summed E-state index contributed by atoms with van der Waals surface area (Å²) < 4.78 is 64.3. The molecule has 0 heterocycles. The van der Waals surface area contributed by atoms with Crippen LogP contribution in [0.2, 0.25) is 0 Å². The fraction of sp³-hybridized carbons (Fsp3) is 0.278. The molecule has 0 saturated heterocycles. The van der Waals surface area contributed by atoms with Gasteiger partial charge in [0.15, 0.2) is 0 Å². The van der Waals surface area contributed by atoms with Crippen molar-refractivity contribution in [2.75, 3.05) is 10.8 Å². The van der Waals surface area contributed by atoms with E-state index >= 15 is 0 Å². The number of aryl methyl sites for hydroxylation is 1. The highest BCUT2D eigenvalue weighted by Crippen LogP contribution is 2.27. The average molecular weight is 400 g/mol. The fourth-order valence-electron chi connectivity index (χ4n) is 2.48. The number of nitrogens with zero attached hydrogens (tertiary/aromatic N) is 1. The zero-order valence-corrected chi connectivity index (χ0v) is 15.5. The Morgan fingerprint density at radius 1 is 1.11 bits per heavy atom. The van der Waals surface area contributed by atoms with Crippen molar-refractivity contribution in [3.63, 3.8) is 0 Å². The third-order valence-corrected chi connectivity index (χ3v) is 5.66. The summed E-state index contributed by atoms with van der Waals surface area (Å²) in [4.78, 5) is 12.2. The van der Waals surface area contributed by atoms with Crippen LogP contribution in [0.25, 0.3) is 0 Å². The van der Waals surface area contributed by atoms with Crippen LogP contribution in [-0.4, -0.2) is 33.1 Å². The molecule has 27 heavy (non-hydrogen) atoms. The van der Waals surface area contributed by atoms with Crippen LogP contribution in [0.3, 0.4) is 0 Å². The Balaban J connectivity index is 2.46. The number of anilines is 1. The zero-order chi connectivity index (χ0) is 20.2. The van der Waals surface area contributed by atoms with Gasteiger partial charge >= 0.3 is 6.18 Å². The maximum atomic E-state index is 13.1. The van der Waals surface area contributed by atoms with Crippen LogP contribution >= 0.6 is 0 Å². The van der Waals surface area contributed by atoms with E-state index in [9.17, 15) is 26.4 Å². The molecule has 1 N–H and O–H groups in total. The van der Waals surface area contributed by atoms with E-state index in [1.165, 1.54) is 37.3 Å². The van der Waals surface area contributed by atoms with Gasteiger partial charge < -0.3 is 5.32 Å². The van der Waals surface area contributed by atoms with Crippen LogP contribution in [0.4, 0.5) is 18.9 Å². The maximum Gasteiger partial charge on any atom is 0.405 e. The quantitative estimate of drug-likeness (QED) is 0.810. The van der Waals surface area contributed by atoms with Crippen molar-refractivity contribution in [2.45, 2.75) is 31.0 Å². The highest BCUT2D eigenvalue weighted by molar-refractivity contribution is 7.92. The number of nitrogens with one attached hydrogen (secondary N) is 1. The number of amides is 1. The number of hydrogen-bond donors (Lipinski definition) is 1. The lowest BCUT2D eigenvalue weighted by Gasteiger charge is -2.30. The molecule has 9 heteroatoms. The lowest BCUT2D eigenvalue weighted by atomic mass is 10.2. The Morgan fingerprint density at radius 3 is 2.30 bits per heavy atom. The molecule has 2 rings (SSSR count). The van der Waals surface area contributed by atoms with Crippen LogP contribution in [0.1, 0.15) is 12.5 Å². The molecule has 0 bridgehead atoms. The van der Waals surface area contributed by atoms with Gasteiger partial charge in [-0.25, -0.2) is 8.42 Å². The number of alkyl halides is 3. The SMILES string of the molecule is Cc1cccc(N([C@@H](C)C(=O)NCC(F)(F)F)S(=O)(=O)c2ccccc2)c1. The summed E-state index contributed by atoms with van der Waals surface area (Å²) in [6.45, 7) is 1.45. The van der Waals surface area contributed by atoms with Gasteiger partial charge in [-0.2, -0.15) is 13.2 Å². The normalized spacial score (nSPS) is 13.1. The molecule has 2 aromatic carbocycles. The Hall–Kier alpha value is -2.55. The van der Waals surface area contributed by atoms with Crippen molar-refractivity contribution in [1.82, 2.24) is 5.32 Å². The fourth-order valence-corrected chi connectivity index (χ4v) is 4.11. The molecule has 0 saturated carbocycles. The van der Waals surface area contributed by atoms with Gasteiger partial charge in [0, 0.05) is 0 Å². The van der Waals surface area contributed by atoms with E-state index < -0.39 is 34.7 Å². The van der Waals surface area contributed by atoms with E-state index in [1.807, 2.05) is 0 Å². The Bertz CT molecular complexity index is 900. The average Bonchev–Trinajstić information content (AvgIpc) is 2.59. The number of sulfonamides is 1. The third kappa shape index (κ3) is 5.22. The van der Waals surface area contributed by atoms with Gasteiger partial charge in [-0.05, 0) is 43.7 Å². The van der Waals surface area contributed by atoms with Crippen molar-refractivity contribution in [3.05, 3.63) is 60.2 Å². The summed E-state index contributed by atoms with van der Waals surface area (Å²) in [5.74, 6) is -1.05. The van der Waals surface area contributed by atoms with E-state index in [0.29, 0.717) is 0 Å². The van der Waals surface area contributed by atoms with Gasteiger partial charge in [-0.15, -0.1) is 0 Å². The van der Waals surface area contributed by atoms with Crippen LogP contribution in [-0.2, 0) is 14.8 Å². The van der Waals surface area contributed by atoms with Crippen molar-refractivity contribution in [2.24, 2.45) is 0 Å². The molecular formula is C18H19F3N2O3S. The molecule has 2 aromatic rings. The predicted molar refractivity (Wildman–Crippen MR) is 95.8 cm³/mol. The van der Waals surface area contributed by atoms with Gasteiger partial charge in [0.25, 0.3) is 10.0 Å². The molecule has 5 nitrogen and oxygen atoms in total. The molecular weight excluding hydrogens is 381 g/mol. The van der Waals surface area contributed by atoms with Gasteiger partial charge in [-0.1, -0.05) is 30.3 Å². The number of hydrogen-bond acceptors (Lipinski definition) is 3. The molecule has 0 aromatic heterocycles. The number of rotatable bonds is 6. The summed E-state index contributed by atoms with van der Waals surface area (Å²) in [7, 11) is -4.18. The Morgan fingerprint density at radius 2 is 1.74 bits per heavy atom. The van der Waals surface area contributed by atoms with Crippen molar-refractivity contribution >= 4 is 21.6 Å². The molecule has 1 amide bonds. The van der Waals surface area contributed by atoms with E-state index in [4.69, 9.17) is 0 Å². The number of carbonyl (C=O) groups is 1. The first-order valence-electron chi connectivity index (χ1n) is 8.03. The Labute approximate surface area is 155 Å². The minimum absolute atomic E-state index is 0.0676. The smallest absolute Gasteiger partial charge is 0.345 e. The Kier molecular flexibility index (Phi) is 6.15. The number of carbonyl (C=O) groups excluding carboxylic acids is 1. The van der Waals surface area contributed by atoms with Crippen LogP contribution in [0.5, 0.6) is 0 Å². The number of benzene rings is 2. The minimum atomic E-state index is -4.60. The summed E-state index contributed by atoms with van der Waals surface area (Å²) in [5.41, 5.74) is 0.928. The first-order valence-corrected chi connectivity index (χ1v) is 9.47. The second kappa shape index (κ2) is 7.99. The summed E-state index contributed by atoms with van der Waals surface area (Å²) >= 11 is 0. The summed E-state index contributed by atoms with van der Waals surface area (Å²) in [6.07, 6.45) is -4.60. The molecule has 0 aliphatic heterocycles. The molecule has 0 aliphatic carbocycles. The van der Waals surface area contributed by atoms with E-state index in [-0.39, 0.29) is 10.6 Å². The highest BCUT2D eigenvalue weighted by Gasteiger charge is 2.35. The summed E-state index contributed by atoms with van der Waals surface area (Å²) in [6, 6.07) is 12.4. The number of halogens is 3. The van der Waals surface area contributed by atoms with Crippen LogP contribution in [0, 0.1) is 6.92 Å². The molecule has 0 fully saturated rings. The van der Waals surface area contributed by atoms with E-state index in [2.05, 4.69) is 0 Å². The third-order valence-electron chi connectivity index (χ3n) is 3.75. The monoisotopic (exact) mass is 400 g/mol. The molecule has 0 unspecified atom stereocenters. The van der Waals surface area contributed by atoms with Crippen LogP contribution in [0.15, 0.2) is 59.5 Å². The molecule has 0 radical (unpaired) electrons. The second-order valence-electron chi connectivity index (χ2n) is 5.96. The van der Waals surface area contributed by atoms with E-state index in [0.717, 1.165) is 9.87 Å². The molecule has 1 atom stereocenters. The van der Waals surface area contributed by atoms with Crippen molar-refractivity contribution in [1.29, 1.82) is 0 Å². The molecule has 0 spiro atoms. The second-order valence-corrected chi connectivity index (χ2v) is 7.78.